The molecule has 1 rings (SSSR count). The minimum atomic E-state index is 0.0740. The zero-order valence-corrected chi connectivity index (χ0v) is 9.50. The summed E-state index contributed by atoms with van der Waals surface area (Å²) in [6, 6.07) is 0.0740. The third kappa shape index (κ3) is 2.32. The normalized spacial score (nSPS) is 24.7. The van der Waals surface area contributed by atoms with Crippen LogP contribution in [-0.2, 0) is 4.79 Å². The molecular weight excluding hydrogens is 174 g/mol. The Morgan fingerprint density at radius 1 is 1.57 bits per heavy atom. The third-order valence-corrected chi connectivity index (χ3v) is 2.82. The molecule has 0 saturated carbocycles. The zero-order valence-electron chi connectivity index (χ0n) is 9.50. The fourth-order valence-corrected chi connectivity index (χ4v) is 1.99. The lowest BCUT2D eigenvalue weighted by atomic mass is 9.93. The van der Waals surface area contributed by atoms with Crippen molar-refractivity contribution in [2.75, 3.05) is 13.6 Å². The highest BCUT2D eigenvalue weighted by Crippen LogP contribution is 2.23. The number of Topliss-reactive ketones (excluding diaryl/α,β-unsaturated/α-hetero) is 1. The van der Waals surface area contributed by atoms with Gasteiger partial charge in [-0.15, -0.1) is 0 Å². The standard InChI is InChI=1S/C12H19NO/c1-5-6-11-7-12(10(3)14)13(4)8-9(11)2/h5-6,12H,7-8H2,1-4H3/b6-5-. The fraction of sp³-hybridized carbons (Fsp3) is 0.583. The van der Waals surface area contributed by atoms with Gasteiger partial charge in [0, 0.05) is 6.54 Å². The third-order valence-electron chi connectivity index (χ3n) is 2.82. The molecule has 1 atom stereocenters. The summed E-state index contributed by atoms with van der Waals surface area (Å²) in [5.74, 6) is 0.266. The Labute approximate surface area is 86.3 Å². The molecule has 0 aliphatic carbocycles. The van der Waals surface area contributed by atoms with Gasteiger partial charge in [-0.2, -0.15) is 0 Å². The summed E-state index contributed by atoms with van der Waals surface area (Å²) in [4.78, 5) is 13.5. The molecular formula is C12H19NO. The molecule has 0 bridgehead atoms. The van der Waals surface area contributed by atoms with Crippen LogP contribution in [0.5, 0.6) is 0 Å². The zero-order chi connectivity index (χ0) is 10.7. The van der Waals surface area contributed by atoms with Crippen LogP contribution in [0, 0.1) is 0 Å². The Morgan fingerprint density at radius 2 is 2.21 bits per heavy atom. The number of nitrogens with zero attached hydrogens (tertiary/aromatic N) is 1. The van der Waals surface area contributed by atoms with E-state index in [1.807, 2.05) is 20.0 Å². The van der Waals surface area contributed by atoms with E-state index in [4.69, 9.17) is 0 Å². The van der Waals surface area contributed by atoms with Gasteiger partial charge in [0.2, 0.25) is 0 Å². The lowest BCUT2D eigenvalue weighted by molar-refractivity contribution is -0.121. The van der Waals surface area contributed by atoms with E-state index in [1.165, 1.54) is 11.1 Å². The van der Waals surface area contributed by atoms with Gasteiger partial charge in [0.1, 0.15) is 5.78 Å². The molecule has 1 unspecified atom stereocenters. The maximum atomic E-state index is 11.4. The molecule has 0 aromatic heterocycles. The average molecular weight is 193 g/mol. The van der Waals surface area contributed by atoms with Gasteiger partial charge in [0.15, 0.2) is 0 Å². The number of likely N-dealkylation sites (N-methyl/N-ethyl adjacent to an activating group) is 1. The average Bonchev–Trinajstić information content (AvgIpc) is 2.09. The highest BCUT2D eigenvalue weighted by Gasteiger charge is 2.25. The number of hydrogen-bond donors (Lipinski definition) is 0. The number of rotatable bonds is 2. The topological polar surface area (TPSA) is 20.3 Å². The largest absolute Gasteiger partial charge is 0.298 e. The van der Waals surface area contributed by atoms with Gasteiger partial charge in [-0.1, -0.05) is 17.7 Å². The second kappa shape index (κ2) is 4.56. The SMILES string of the molecule is C/C=C\C1=C(C)CN(C)C(C(C)=O)C1. The molecule has 0 amide bonds. The summed E-state index contributed by atoms with van der Waals surface area (Å²) in [7, 11) is 2.02. The van der Waals surface area contributed by atoms with Crippen molar-refractivity contribution in [2.45, 2.75) is 33.2 Å². The van der Waals surface area contributed by atoms with Crippen LogP contribution >= 0.6 is 0 Å². The molecule has 0 fully saturated rings. The van der Waals surface area contributed by atoms with Crippen LogP contribution in [0.4, 0.5) is 0 Å². The molecule has 0 radical (unpaired) electrons. The van der Waals surface area contributed by atoms with Gasteiger partial charge in [0.05, 0.1) is 6.04 Å². The van der Waals surface area contributed by atoms with Crippen molar-refractivity contribution in [3.05, 3.63) is 23.3 Å². The second-order valence-corrected chi connectivity index (χ2v) is 4.05. The Bertz CT molecular complexity index is 289. The minimum absolute atomic E-state index is 0.0740. The van der Waals surface area contributed by atoms with E-state index in [0.717, 1.165) is 13.0 Å². The van der Waals surface area contributed by atoms with Crippen molar-refractivity contribution >= 4 is 5.78 Å². The molecule has 78 valence electrons. The van der Waals surface area contributed by atoms with Crippen LogP contribution in [0.25, 0.3) is 0 Å². The number of hydrogen-bond acceptors (Lipinski definition) is 2. The fourth-order valence-electron chi connectivity index (χ4n) is 1.99. The van der Waals surface area contributed by atoms with Crippen LogP contribution in [0.3, 0.4) is 0 Å². The molecule has 0 spiro atoms. The molecule has 1 aliphatic heterocycles. The smallest absolute Gasteiger partial charge is 0.147 e. The van der Waals surface area contributed by atoms with Crippen molar-refractivity contribution in [3.8, 4) is 0 Å². The van der Waals surface area contributed by atoms with Crippen LogP contribution in [0.1, 0.15) is 27.2 Å². The first-order valence-electron chi connectivity index (χ1n) is 5.08. The van der Waals surface area contributed by atoms with E-state index < -0.39 is 0 Å². The minimum Gasteiger partial charge on any atom is -0.298 e. The van der Waals surface area contributed by atoms with Crippen molar-refractivity contribution < 1.29 is 4.79 Å². The summed E-state index contributed by atoms with van der Waals surface area (Å²) < 4.78 is 0. The van der Waals surface area contributed by atoms with Gasteiger partial charge in [-0.25, -0.2) is 0 Å². The molecule has 1 heterocycles. The van der Waals surface area contributed by atoms with E-state index in [-0.39, 0.29) is 11.8 Å². The summed E-state index contributed by atoms with van der Waals surface area (Å²) >= 11 is 0. The lowest BCUT2D eigenvalue weighted by Gasteiger charge is -2.32. The molecule has 0 aromatic carbocycles. The second-order valence-electron chi connectivity index (χ2n) is 4.05. The van der Waals surface area contributed by atoms with Crippen molar-refractivity contribution in [3.63, 3.8) is 0 Å². The van der Waals surface area contributed by atoms with Crippen LogP contribution in [0.2, 0.25) is 0 Å². The van der Waals surface area contributed by atoms with E-state index in [1.54, 1.807) is 6.92 Å². The molecule has 14 heavy (non-hydrogen) atoms. The van der Waals surface area contributed by atoms with Crippen LogP contribution < -0.4 is 0 Å². The Balaban J connectivity index is 2.88. The van der Waals surface area contributed by atoms with Gasteiger partial charge in [0.25, 0.3) is 0 Å². The summed E-state index contributed by atoms with van der Waals surface area (Å²) in [5, 5.41) is 0. The number of carbonyl (C=O) groups excluding carboxylic acids is 1. The van der Waals surface area contributed by atoms with Crippen molar-refractivity contribution in [1.29, 1.82) is 0 Å². The van der Waals surface area contributed by atoms with E-state index in [2.05, 4.69) is 17.9 Å². The van der Waals surface area contributed by atoms with Crippen molar-refractivity contribution in [2.24, 2.45) is 0 Å². The highest BCUT2D eigenvalue weighted by molar-refractivity contribution is 5.82. The Kier molecular flexibility index (Phi) is 3.64. The van der Waals surface area contributed by atoms with E-state index in [0.29, 0.717) is 0 Å². The van der Waals surface area contributed by atoms with Gasteiger partial charge in [-0.3, -0.25) is 9.69 Å². The van der Waals surface area contributed by atoms with Gasteiger partial charge < -0.3 is 0 Å². The number of ketones is 1. The number of carbonyl (C=O) groups is 1. The maximum absolute atomic E-state index is 11.4. The van der Waals surface area contributed by atoms with Crippen LogP contribution in [-0.4, -0.2) is 30.3 Å². The van der Waals surface area contributed by atoms with E-state index >= 15 is 0 Å². The highest BCUT2D eigenvalue weighted by atomic mass is 16.1. The first kappa shape index (κ1) is 11.2. The van der Waals surface area contributed by atoms with E-state index in [9.17, 15) is 4.79 Å². The maximum Gasteiger partial charge on any atom is 0.147 e. The first-order valence-corrected chi connectivity index (χ1v) is 5.08. The Hall–Kier alpha value is -0.890. The van der Waals surface area contributed by atoms with Crippen molar-refractivity contribution in [1.82, 2.24) is 4.90 Å². The van der Waals surface area contributed by atoms with Gasteiger partial charge in [-0.05, 0) is 39.8 Å². The molecule has 1 aliphatic rings. The monoisotopic (exact) mass is 193 g/mol. The summed E-state index contributed by atoms with van der Waals surface area (Å²) in [6.45, 7) is 6.74. The quantitative estimate of drug-likeness (QED) is 0.670. The molecule has 0 saturated heterocycles. The molecule has 2 heteroatoms. The predicted molar refractivity (Wildman–Crippen MR) is 59.2 cm³/mol. The van der Waals surface area contributed by atoms with Gasteiger partial charge >= 0.3 is 0 Å². The Morgan fingerprint density at radius 3 is 2.71 bits per heavy atom. The molecule has 2 nitrogen and oxygen atoms in total. The summed E-state index contributed by atoms with van der Waals surface area (Å²) in [6.07, 6.45) is 5.03. The summed E-state index contributed by atoms with van der Waals surface area (Å²) in [5.41, 5.74) is 2.70. The predicted octanol–water partition coefficient (Wildman–Crippen LogP) is 2.17. The first-order chi connectivity index (χ1) is 6.56. The lowest BCUT2D eigenvalue weighted by Crippen LogP contribution is -2.41. The molecule has 0 N–H and O–H groups in total. The molecule has 0 aromatic rings. The van der Waals surface area contributed by atoms with Crippen LogP contribution in [0.15, 0.2) is 23.3 Å². The number of allylic oxidation sites excluding steroid dienone is 2.